The Morgan fingerprint density at radius 3 is 2.52 bits per heavy atom. The van der Waals surface area contributed by atoms with Crippen LogP contribution in [0.4, 0.5) is 11.8 Å². The zero-order valence-corrected chi connectivity index (χ0v) is 18.6. The number of piperazine rings is 1. The van der Waals surface area contributed by atoms with Crippen molar-refractivity contribution in [2.75, 3.05) is 49.5 Å². The third-order valence-corrected chi connectivity index (χ3v) is 5.34. The number of nitrogens with one attached hydrogen (secondary N) is 1. The quantitative estimate of drug-likeness (QED) is 0.543. The number of halogens is 1. The molecule has 0 atom stereocenters. The predicted octanol–water partition coefficient (Wildman–Crippen LogP) is 3.93. The summed E-state index contributed by atoms with van der Waals surface area (Å²) in [6.45, 7) is 8.42. The average Bonchev–Trinajstić information content (AvgIpc) is 2.75. The topological polar surface area (TPSA) is 57.2 Å². The first kappa shape index (κ1) is 21.5. The Morgan fingerprint density at radius 2 is 1.72 bits per heavy atom. The Bertz CT molecular complexity index is 896. The van der Waals surface area contributed by atoms with Crippen LogP contribution in [0, 0.1) is 6.92 Å². The molecule has 0 saturated carbocycles. The molecular weight excluding hydrogens is 428 g/mol. The van der Waals surface area contributed by atoms with E-state index in [9.17, 15) is 0 Å². The van der Waals surface area contributed by atoms with Crippen LogP contribution in [-0.2, 0) is 0 Å². The molecule has 0 aliphatic carbocycles. The predicted molar refractivity (Wildman–Crippen MR) is 125 cm³/mol. The number of hydrogen-bond acceptors (Lipinski definition) is 6. The zero-order valence-electron chi connectivity index (χ0n) is 16.9. The molecule has 0 radical (unpaired) electrons. The monoisotopic (exact) mass is 456 g/mol. The molecule has 154 valence electrons. The van der Waals surface area contributed by atoms with Crippen molar-refractivity contribution in [2.24, 2.45) is 0 Å². The first-order chi connectivity index (χ1) is 13.8. The van der Waals surface area contributed by atoms with E-state index in [1.807, 2.05) is 24.5 Å². The molecule has 4 rings (SSSR count). The van der Waals surface area contributed by atoms with Gasteiger partial charge in [-0.1, -0.05) is 18.2 Å². The summed E-state index contributed by atoms with van der Waals surface area (Å²) in [6, 6.07) is 12.3. The van der Waals surface area contributed by atoms with Crippen molar-refractivity contribution >= 4 is 39.7 Å². The number of nitrogens with zero attached hydrogens (tertiary/aromatic N) is 5. The van der Waals surface area contributed by atoms with Crippen LogP contribution in [0.3, 0.4) is 0 Å². The van der Waals surface area contributed by atoms with E-state index >= 15 is 0 Å². The van der Waals surface area contributed by atoms with E-state index in [1.165, 1.54) is 17.4 Å². The van der Waals surface area contributed by atoms with Gasteiger partial charge in [0.15, 0.2) is 0 Å². The van der Waals surface area contributed by atoms with Crippen LogP contribution >= 0.6 is 17.0 Å². The number of unbranched alkanes of at least 4 members (excludes halogenated alkanes) is 1. The normalized spacial score (nSPS) is 14.6. The number of hydrogen-bond donors (Lipinski definition) is 1. The van der Waals surface area contributed by atoms with Crippen molar-refractivity contribution in [3.8, 4) is 0 Å². The average molecular weight is 457 g/mol. The summed E-state index contributed by atoms with van der Waals surface area (Å²) in [4.78, 5) is 18.2. The van der Waals surface area contributed by atoms with Gasteiger partial charge in [0.1, 0.15) is 5.82 Å². The molecule has 7 heteroatoms. The largest absolute Gasteiger partial charge is 0.370 e. The van der Waals surface area contributed by atoms with E-state index in [4.69, 9.17) is 4.98 Å². The first-order valence-corrected chi connectivity index (χ1v) is 10.1. The Hall–Kier alpha value is -2.25. The highest BCUT2D eigenvalue weighted by atomic mass is 79.9. The van der Waals surface area contributed by atoms with E-state index in [-0.39, 0.29) is 17.0 Å². The van der Waals surface area contributed by atoms with Crippen molar-refractivity contribution in [3.05, 3.63) is 54.4 Å². The van der Waals surface area contributed by atoms with Gasteiger partial charge in [-0.15, -0.1) is 17.0 Å². The van der Waals surface area contributed by atoms with Crippen LogP contribution in [0.2, 0.25) is 0 Å². The molecule has 0 spiro atoms. The number of rotatable bonds is 7. The molecule has 0 bridgehead atoms. The molecule has 2 aromatic heterocycles. The molecule has 1 saturated heterocycles. The summed E-state index contributed by atoms with van der Waals surface area (Å²) in [7, 11) is 0. The molecule has 1 aliphatic heterocycles. The molecule has 3 heterocycles. The Labute approximate surface area is 183 Å². The molecular formula is C22H29BrN6. The smallest absolute Gasteiger partial charge is 0.225 e. The van der Waals surface area contributed by atoms with Crippen LogP contribution in [0.15, 0.2) is 48.8 Å². The van der Waals surface area contributed by atoms with Crippen LogP contribution in [0.25, 0.3) is 10.9 Å². The minimum absolute atomic E-state index is 0. The van der Waals surface area contributed by atoms with Gasteiger partial charge in [0.05, 0.1) is 5.52 Å². The molecule has 0 amide bonds. The second kappa shape index (κ2) is 10.5. The van der Waals surface area contributed by atoms with Gasteiger partial charge in [-0.2, -0.15) is 0 Å². The summed E-state index contributed by atoms with van der Waals surface area (Å²) >= 11 is 0. The number of aryl methyl sites for hydroxylation is 1. The Kier molecular flexibility index (Phi) is 7.77. The lowest BCUT2D eigenvalue weighted by Crippen LogP contribution is -2.47. The standard InChI is InChI=1S/C22H28N6.BrH/c1-18-17-21(26-20-8-3-2-7-19(18)20)23-9-4-5-12-27-13-15-28(16-14-27)22-24-10-6-11-25-22;/h2-3,6-8,10-11,17H,4-5,9,12-16H2,1H3,(H,23,26);1H. The van der Waals surface area contributed by atoms with Gasteiger partial charge < -0.3 is 10.2 Å². The van der Waals surface area contributed by atoms with Gasteiger partial charge in [0.2, 0.25) is 5.95 Å². The van der Waals surface area contributed by atoms with Gasteiger partial charge in [-0.25, -0.2) is 15.0 Å². The first-order valence-electron chi connectivity index (χ1n) is 10.1. The fraction of sp³-hybridized carbons (Fsp3) is 0.409. The van der Waals surface area contributed by atoms with Crippen LogP contribution in [0.5, 0.6) is 0 Å². The van der Waals surface area contributed by atoms with Gasteiger partial charge in [0.25, 0.3) is 0 Å². The summed E-state index contributed by atoms with van der Waals surface area (Å²) in [5, 5.41) is 4.72. The third-order valence-electron chi connectivity index (χ3n) is 5.34. The number of pyridine rings is 1. The lowest BCUT2D eigenvalue weighted by Gasteiger charge is -2.34. The van der Waals surface area contributed by atoms with Crippen LogP contribution in [0.1, 0.15) is 18.4 Å². The highest BCUT2D eigenvalue weighted by molar-refractivity contribution is 8.93. The summed E-state index contributed by atoms with van der Waals surface area (Å²) in [6.07, 6.45) is 5.97. The molecule has 1 N–H and O–H groups in total. The van der Waals surface area contributed by atoms with E-state index in [1.54, 1.807) is 0 Å². The van der Waals surface area contributed by atoms with Crippen molar-refractivity contribution in [2.45, 2.75) is 19.8 Å². The summed E-state index contributed by atoms with van der Waals surface area (Å²) < 4.78 is 0. The number of benzene rings is 1. The van der Waals surface area contributed by atoms with Crippen molar-refractivity contribution in [3.63, 3.8) is 0 Å². The zero-order chi connectivity index (χ0) is 19.2. The van der Waals surface area contributed by atoms with Gasteiger partial charge >= 0.3 is 0 Å². The van der Waals surface area contributed by atoms with Crippen LogP contribution in [-0.4, -0.2) is 59.1 Å². The summed E-state index contributed by atoms with van der Waals surface area (Å²) in [5.74, 6) is 1.83. The lowest BCUT2D eigenvalue weighted by atomic mass is 10.1. The molecule has 1 aromatic carbocycles. The molecule has 1 aliphatic rings. The number of fused-ring (bicyclic) bond motifs is 1. The fourth-order valence-electron chi connectivity index (χ4n) is 3.74. The van der Waals surface area contributed by atoms with E-state index in [2.05, 4.69) is 56.3 Å². The Morgan fingerprint density at radius 1 is 0.966 bits per heavy atom. The minimum Gasteiger partial charge on any atom is -0.370 e. The van der Waals surface area contributed by atoms with Crippen LogP contribution < -0.4 is 10.2 Å². The van der Waals surface area contributed by atoms with Crippen molar-refractivity contribution in [1.29, 1.82) is 0 Å². The highest BCUT2D eigenvalue weighted by Gasteiger charge is 2.18. The second-order valence-electron chi connectivity index (χ2n) is 7.35. The molecule has 29 heavy (non-hydrogen) atoms. The van der Waals surface area contributed by atoms with Gasteiger partial charge in [-0.3, -0.25) is 4.90 Å². The van der Waals surface area contributed by atoms with E-state index < -0.39 is 0 Å². The number of aromatic nitrogens is 3. The maximum absolute atomic E-state index is 4.72. The molecule has 6 nitrogen and oxygen atoms in total. The minimum atomic E-state index is 0. The van der Waals surface area contributed by atoms with Crippen molar-refractivity contribution in [1.82, 2.24) is 19.9 Å². The van der Waals surface area contributed by atoms with Crippen molar-refractivity contribution < 1.29 is 0 Å². The van der Waals surface area contributed by atoms with E-state index in [0.29, 0.717) is 0 Å². The lowest BCUT2D eigenvalue weighted by molar-refractivity contribution is 0.252. The SMILES string of the molecule is Br.Cc1cc(NCCCCN2CCN(c3ncccn3)CC2)nc2ccccc12. The second-order valence-corrected chi connectivity index (χ2v) is 7.35. The fourth-order valence-corrected chi connectivity index (χ4v) is 3.74. The molecule has 0 unspecified atom stereocenters. The third kappa shape index (κ3) is 5.64. The number of para-hydroxylation sites is 1. The molecule has 3 aromatic rings. The maximum Gasteiger partial charge on any atom is 0.225 e. The van der Waals surface area contributed by atoms with Gasteiger partial charge in [0, 0.05) is 50.5 Å². The number of anilines is 2. The van der Waals surface area contributed by atoms with Gasteiger partial charge in [-0.05, 0) is 50.1 Å². The van der Waals surface area contributed by atoms with E-state index in [0.717, 1.165) is 63.0 Å². The highest BCUT2D eigenvalue weighted by Crippen LogP contribution is 2.19. The Balaban J connectivity index is 0.00000240. The molecule has 1 fully saturated rings. The maximum atomic E-state index is 4.72. The summed E-state index contributed by atoms with van der Waals surface area (Å²) in [5.41, 5.74) is 2.33.